The lowest BCUT2D eigenvalue weighted by Gasteiger charge is -2.38. The first-order valence-electron chi connectivity index (χ1n) is 6.28. The summed E-state index contributed by atoms with van der Waals surface area (Å²) in [5, 5.41) is 2.88. The van der Waals surface area contributed by atoms with Gasteiger partial charge in [-0.1, -0.05) is 20.8 Å². The third-order valence-electron chi connectivity index (χ3n) is 3.33. The van der Waals surface area contributed by atoms with Gasteiger partial charge in [-0.15, -0.1) is 0 Å². The zero-order valence-electron chi connectivity index (χ0n) is 11.4. The Morgan fingerprint density at radius 3 is 2.26 bits per heavy atom. The summed E-state index contributed by atoms with van der Waals surface area (Å²) in [5.41, 5.74) is 6.60. The minimum absolute atomic E-state index is 0.140. The average molecular weight is 261 g/mol. The standard InChI is InChI=1S/C14H19N3O2/c1-14(2,3)11-8-12(18)17(13(19)16-11)10-6-4-9(15)5-7-10/h4-7,11H,8,15H2,1-3H3,(H,16,19). The molecule has 0 spiro atoms. The van der Waals surface area contributed by atoms with E-state index in [4.69, 9.17) is 5.73 Å². The normalized spacial score (nSPS) is 20.4. The summed E-state index contributed by atoms with van der Waals surface area (Å²) < 4.78 is 0. The summed E-state index contributed by atoms with van der Waals surface area (Å²) in [7, 11) is 0. The molecular weight excluding hydrogens is 242 g/mol. The molecule has 19 heavy (non-hydrogen) atoms. The SMILES string of the molecule is CC(C)(C)C1CC(=O)N(c2ccc(N)cc2)C(=O)N1. The number of rotatable bonds is 1. The van der Waals surface area contributed by atoms with E-state index in [0.717, 1.165) is 0 Å². The van der Waals surface area contributed by atoms with Crippen LogP contribution in [0.1, 0.15) is 27.2 Å². The number of benzene rings is 1. The van der Waals surface area contributed by atoms with E-state index in [1.54, 1.807) is 24.3 Å². The summed E-state index contributed by atoms with van der Waals surface area (Å²) in [6.45, 7) is 6.01. The highest BCUT2D eigenvalue weighted by Crippen LogP contribution is 2.28. The van der Waals surface area contributed by atoms with Crippen molar-refractivity contribution in [1.29, 1.82) is 0 Å². The van der Waals surface area contributed by atoms with Crippen LogP contribution in [0.2, 0.25) is 0 Å². The molecule has 1 aliphatic rings. The monoisotopic (exact) mass is 261 g/mol. The highest BCUT2D eigenvalue weighted by molar-refractivity contribution is 6.16. The van der Waals surface area contributed by atoms with Gasteiger partial charge in [-0.2, -0.15) is 0 Å². The van der Waals surface area contributed by atoms with Crippen molar-refractivity contribution in [2.75, 3.05) is 10.6 Å². The van der Waals surface area contributed by atoms with E-state index >= 15 is 0 Å². The van der Waals surface area contributed by atoms with Crippen molar-refractivity contribution in [3.05, 3.63) is 24.3 Å². The molecule has 0 saturated carbocycles. The fourth-order valence-electron chi connectivity index (χ4n) is 2.05. The molecule has 3 amide bonds. The molecule has 1 unspecified atom stereocenters. The van der Waals surface area contributed by atoms with Gasteiger partial charge in [0.15, 0.2) is 0 Å². The molecule has 3 N–H and O–H groups in total. The fourth-order valence-corrected chi connectivity index (χ4v) is 2.05. The molecule has 0 radical (unpaired) electrons. The summed E-state index contributed by atoms with van der Waals surface area (Å²) in [6.07, 6.45) is 0.305. The Labute approximate surface area is 112 Å². The molecule has 1 aliphatic heterocycles. The Morgan fingerprint density at radius 1 is 1.21 bits per heavy atom. The van der Waals surface area contributed by atoms with E-state index in [1.807, 2.05) is 20.8 Å². The second-order valence-electron chi connectivity index (χ2n) is 5.89. The lowest BCUT2D eigenvalue weighted by atomic mass is 9.83. The first kappa shape index (κ1) is 13.4. The minimum Gasteiger partial charge on any atom is -0.399 e. The maximum Gasteiger partial charge on any atom is 0.328 e. The number of nitrogens with one attached hydrogen (secondary N) is 1. The number of nitrogens with two attached hydrogens (primary N) is 1. The largest absolute Gasteiger partial charge is 0.399 e. The summed E-state index contributed by atoms with van der Waals surface area (Å²) in [4.78, 5) is 25.5. The van der Waals surface area contributed by atoms with Crippen LogP contribution in [0.3, 0.4) is 0 Å². The predicted molar refractivity (Wildman–Crippen MR) is 74.7 cm³/mol. The van der Waals surface area contributed by atoms with Crippen molar-refractivity contribution in [3.8, 4) is 0 Å². The first-order valence-corrected chi connectivity index (χ1v) is 6.28. The molecule has 0 aliphatic carbocycles. The van der Waals surface area contributed by atoms with Crippen molar-refractivity contribution < 1.29 is 9.59 Å². The van der Waals surface area contributed by atoms with Crippen molar-refractivity contribution in [2.45, 2.75) is 33.2 Å². The van der Waals surface area contributed by atoms with Gasteiger partial charge < -0.3 is 11.1 Å². The maximum absolute atomic E-state index is 12.2. The van der Waals surface area contributed by atoms with Crippen LogP contribution in [0.4, 0.5) is 16.2 Å². The molecule has 0 bridgehead atoms. The molecule has 1 heterocycles. The zero-order valence-corrected chi connectivity index (χ0v) is 11.4. The minimum atomic E-state index is -0.374. The smallest absolute Gasteiger partial charge is 0.328 e. The van der Waals surface area contributed by atoms with Crippen LogP contribution in [-0.2, 0) is 4.79 Å². The van der Waals surface area contributed by atoms with E-state index in [9.17, 15) is 9.59 Å². The Morgan fingerprint density at radius 2 is 1.79 bits per heavy atom. The van der Waals surface area contributed by atoms with Gasteiger partial charge in [-0.25, -0.2) is 9.69 Å². The van der Waals surface area contributed by atoms with Crippen molar-refractivity contribution >= 4 is 23.3 Å². The number of anilines is 2. The molecule has 5 nitrogen and oxygen atoms in total. The van der Waals surface area contributed by atoms with Crippen molar-refractivity contribution in [3.63, 3.8) is 0 Å². The van der Waals surface area contributed by atoms with Gasteiger partial charge in [-0.05, 0) is 29.7 Å². The molecule has 1 aromatic carbocycles. The lowest BCUT2D eigenvalue weighted by molar-refractivity contribution is -0.119. The fraction of sp³-hybridized carbons (Fsp3) is 0.429. The Hall–Kier alpha value is -2.04. The van der Waals surface area contributed by atoms with E-state index in [-0.39, 0.29) is 23.4 Å². The summed E-state index contributed by atoms with van der Waals surface area (Å²) >= 11 is 0. The Balaban J connectivity index is 2.23. The summed E-state index contributed by atoms with van der Waals surface area (Å²) in [6, 6.07) is 6.17. The molecule has 1 saturated heterocycles. The number of carbonyl (C=O) groups is 2. The van der Waals surface area contributed by atoms with Crippen LogP contribution in [-0.4, -0.2) is 18.0 Å². The molecule has 2 rings (SSSR count). The number of urea groups is 1. The lowest BCUT2D eigenvalue weighted by Crippen LogP contribution is -2.58. The Kier molecular flexibility index (Phi) is 3.22. The molecular formula is C14H19N3O2. The van der Waals surface area contributed by atoms with Crippen molar-refractivity contribution in [2.24, 2.45) is 5.41 Å². The van der Waals surface area contributed by atoms with Crippen molar-refractivity contribution in [1.82, 2.24) is 5.32 Å². The van der Waals surface area contributed by atoms with E-state index in [2.05, 4.69) is 5.32 Å². The predicted octanol–water partition coefficient (Wildman–Crippen LogP) is 2.13. The van der Waals surface area contributed by atoms with Gasteiger partial charge in [0.25, 0.3) is 0 Å². The molecule has 102 valence electrons. The van der Waals surface area contributed by atoms with Gasteiger partial charge in [0, 0.05) is 18.2 Å². The van der Waals surface area contributed by atoms with Crippen LogP contribution in [0, 0.1) is 5.41 Å². The Bertz CT molecular complexity index is 484. The number of hydrogen-bond donors (Lipinski definition) is 2. The van der Waals surface area contributed by atoms with Crippen LogP contribution < -0.4 is 16.0 Å². The second-order valence-corrected chi connectivity index (χ2v) is 5.89. The third-order valence-corrected chi connectivity index (χ3v) is 3.33. The van der Waals surface area contributed by atoms with E-state index in [1.165, 1.54) is 4.90 Å². The van der Waals surface area contributed by atoms with Crippen LogP contribution in [0.15, 0.2) is 24.3 Å². The van der Waals surface area contributed by atoms with Crippen LogP contribution in [0.5, 0.6) is 0 Å². The third kappa shape index (κ3) is 2.70. The molecule has 1 fully saturated rings. The van der Waals surface area contributed by atoms with Crippen LogP contribution in [0.25, 0.3) is 0 Å². The van der Waals surface area contributed by atoms with E-state index < -0.39 is 0 Å². The van der Waals surface area contributed by atoms with Gasteiger partial charge >= 0.3 is 6.03 Å². The number of amides is 3. The molecule has 0 aromatic heterocycles. The number of hydrogen-bond acceptors (Lipinski definition) is 3. The molecule has 5 heteroatoms. The molecule has 1 aromatic rings. The topological polar surface area (TPSA) is 75.4 Å². The second kappa shape index (κ2) is 4.57. The quantitative estimate of drug-likeness (QED) is 0.760. The highest BCUT2D eigenvalue weighted by atomic mass is 16.2. The first-order chi connectivity index (χ1) is 8.79. The van der Waals surface area contributed by atoms with Gasteiger partial charge in [0.2, 0.25) is 5.91 Å². The summed E-state index contributed by atoms with van der Waals surface area (Å²) in [5.74, 6) is -0.187. The number of carbonyl (C=O) groups excluding carboxylic acids is 2. The highest BCUT2D eigenvalue weighted by Gasteiger charge is 2.38. The average Bonchev–Trinajstić information content (AvgIpc) is 2.29. The maximum atomic E-state index is 12.2. The number of nitrogen functional groups attached to an aromatic ring is 1. The molecule has 1 atom stereocenters. The van der Waals surface area contributed by atoms with E-state index in [0.29, 0.717) is 17.8 Å². The van der Waals surface area contributed by atoms with Gasteiger partial charge in [-0.3, -0.25) is 4.79 Å². The van der Waals surface area contributed by atoms with Gasteiger partial charge in [0.05, 0.1) is 5.69 Å². The van der Waals surface area contributed by atoms with Gasteiger partial charge in [0.1, 0.15) is 0 Å². The number of nitrogens with zero attached hydrogens (tertiary/aromatic N) is 1. The zero-order chi connectivity index (χ0) is 14.2. The number of imide groups is 1. The van der Waals surface area contributed by atoms with Crippen LogP contribution >= 0.6 is 0 Å².